The molecule has 0 fully saturated rings. The maximum Gasteiger partial charge on any atom is 0.308 e. The Morgan fingerprint density at radius 1 is 1.60 bits per heavy atom. The van der Waals surface area contributed by atoms with Gasteiger partial charge in [-0.25, -0.2) is 0 Å². The van der Waals surface area contributed by atoms with E-state index in [2.05, 4.69) is 7.80 Å². The Labute approximate surface area is 74.8 Å². The second-order valence-electron chi connectivity index (χ2n) is 2.34. The van der Waals surface area contributed by atoms with Crippen LogP contribution in [0.1, 0.15) is 20.3 Å². The Balaban J connectivity index is 3.26. The van der Waals surface area contributed by atoms with Crippen LogP contribution in [0.5, 0.6) is 0 Å². The zero-order valence-electron chi connectivity index (χ0n) is 6.09. The Kier molecular flexibility index (Phi) is 6.00. The van der Waals surface area contributed by atoms with Crippen molar-refractivity contribution in [1.29, 1.82) is 0 Å². The number of carbonyl (C=O) groups is 1. The number of hydrogen-bond donors (Lipinski definition) is 0. The second-order valence-corrected chi connectivity index (χ2v) is 2.96. The van der Waals surface area contributed by atoms with Gasteiger partial charge in [0.15, 0.2) is 0 Å². The van der Waals surface area contributed by atoms with E-state index in [-0.39, 0.29) is 12.8 Å². The van der Waals surface area contributed by atoms with Gasteiger partial charge >= 0.3 is 5.97 Å². The molecule has 0 aromatic heterocycles. The molecule has 0 rings (SSSR count). The highest BCUT2D eigenvalue weighted by Crippen LogP contribution is 2.01. The standard InChI is InChI=1S/C6H11IO3/c1-5(2)3-6(8)9-4-10-7/h5H,3-4H2,1-2H3. The molecule has 10 heavy (non-hydrogen) atoms. The fourth-order valence-corrected chi connectivity index (χ4v) is 0.607. The third kappa shape index (κ3) is 6.28. The maximum absolute atomic E-state index is 10.7. The average molecular weight is 258 g/mol. The number of esters is 1. The van der Waals surface area contributed by atoms with Gasteiger partial charge in [0.25, 0.3) is 0 Å². The van der Waals surface area contributed by atoms with Crippen LogP contribution >= 0.6 is 23.0 Å². The van der Waals surface area contributed by atoms with Crippen molar-refractivity contribution in [3.05, 3.63) is 0 Å². The van der Waals surface area contributed by atoms with Gasteiger partial charge < -0.3 is 4.74 Å². The van der Waals surface area contributed by atoms with E-state index in [9.17, 15) is 4.79 Å². The molecule has 0 aliphatic heterocycles. The summed E-state index contributed by atoms with van der Waals surface area (Å²) in [7, 11) is 0. The minimum atomic E-state index is -0.202. The highest BCUT2D eigenvalue weighted by Gasteiger charge is 2.04. The van der Waals surface area contributed by atoms with Crippen molar-refractivity contribution in [2.75, 3.05) is 6.79 Å². The predicted molar refractivity (Wildman–Crippen MR) is 45.5 cm³/mol. The largest absolute Gasteiger partial charge is 0.438 e. The zero-order valence-corrected chi connectivity index (χ0v) is 8.25. The Bertz CT molecular complexity index is 103. The molecule has 0 bridgehead atoms. The molecule has 0 spiro atoms. The van der Waals surface area contributed by atoms with Crippen molar-refractivity contribution in [2.45, 2.75) is 20.3 Å². The lowest BCUT2D eigenvalue weighted by Gasteiger charge is -2.03. The van der Waals surface area contributed by atoms with E-state index >= 15 is 0 Å². The van der Waals surface area contributed by atoms with Crippen LogP contribution in [0, 0.1) is 5.92 Å². The third-order valence-corrected chi connectivity index (χ3v) is 1.09. The van der Waals surface area contributed by atoms with Crippen molar-refractivity contribution in [3.8, 4) is 0 Å². The minimum Gasteiger partial charge on any atom is -0.438 e. The fraction of sp³-hybridized carbons (Fsp3) is 0.833. The van der Waals surface area contributed by atoms with Crippen molar-refractivity contribution in [2.24, 2.45) is 5.92 Å². The van der Waals surface area contributed by atoms with Gasteiger partial charge in [0.05, 0.1) is 0 Å². The topological polar surface area (TPSA) is 35.5 Å². The first-order valence-corrected chi connectivity index (χ1v) is 3.94. The van der Waals surface area contributed by atoms with Gasteiger partial charge in [0.2, 0.25) is 6.79 Å². The summed E-state index contributed by atoms with van der Waals surface area (Å²) >= 11 is 1.68. The average Bonchev–Trinajstić information content (AvgIpc) is 1.82. The molecule has 60 valence electrons. The van der Waals surface area contributed by atoms with Crippen LogP contribution in [0.4, 0.5) is 0 Å². The van der Waals surface area contributed by atoms with Crippen LogP contribution in [-0.4, -0.2) is 12.8 Å². The second kappa shape index (κ2) is 5.91. The van der Waals surface area contributed by atoms with Crippen LogP contribution in [0.2, 0.25) is 0 Å². The molecule has 0 N–H and O–H groups in total. The summed E-state index contributed by atoms with van der Waals surface area (Å²) in [4.78, 5) is 10.7. The Morgan fingerprint density at radius 2 is 2.20 bits per heavy atom. The molecule has 0 aromatic rings. The van der Waals surface area contributed by atoms with Gasteiger partial charge in [-0.1, -0.05) is 13.8 Å². The van der Waals surface area contributed by atoms with E-state index in [4.69, 9.17) is 0 Å². The third-order valence-electron chi connectivity index (χ3n) is 0.839. The minimum absolute atomic E-state index is 0.0477. The molecule has 0 aliphatic carbocycles. The summed E-state index contributed by atoms with van der Waals surface area (Å²) < 4.78 is 9.15. The fourth-order valence-electron chi connectivity index (χ4n) is 0.480. The molecule has 0 amide bonds. The number of hydrogen-bond acceptors (Lipinski definition) is 3. The summed E-state index contributed by atoms with van der Waals surface area (Å²) in [6, 6.07) is 0. The molecule has 0 saturated heterocycles. The molecule has 0 aromatic carbocycles. The number of carbonyl (C=O) groups excluding carboxylic acids is 1. The Morgan fingerprint density at radius 3 is 2.60 bits per heavy atom. The molecule has 4 heteroatoms. The van der Waals surface area contributed by atoms with E-state index in [1.807, 2.05) is 13.8 Å². The van der Waals surface area contributed by atoms with Gasteiger partial charge in [-0.15, -0.1) is 0 Å². The van der Waals surface area contributed by atoms with E-state index in [1.54, 1.807) is 23.0 Å². The summed E-state index contributed by atoms with van der Waals surface area (Å²) in [5, 5.41) is 0. The van der Waals surface area contributed by atoms with Gasteiger partial charge in [0, 0.05) is 6.42 Å². The summed E-state index contributed by atoms with van der Waals surface area (Å²) in [5.41, 5.74) is 0. The summed E-state index contributed by atoms with van der Waals surface area (Å²) in [5.74, 6) is 0.147. The van der Waals surface area contributed by atoms with E-state index in [1.165, 1.54) is 0 Å². The quantitative estimate of drug-likeness (QED) is 0.439. The molecule has 3 nitrogen and oxygen atoms in total. The van der Waals surface area contributed by atoms with Crippen LogP contribution in [-0.2, 0) is 12.6 Å². The SMILES string of the molecule is CC(C)CC(=O)OCOI. The lowest BCUT2D eigenvalue weighted by Crippen LogP contribution is -2.08. The normalized spacial score (nSPS) is 10.0. The molecular formula is C6H11IO3. The van der Waals surface area contributed by atoms with Crippen LogP contribution in [0.15, 0.2) is 0 Å². The highest BCUT2D eigenvalue weighted by atomic mass is 127. The maximum atomic E-state index is 10.7. The van der Waals surface area contributed by atoms with E-state index in [0.29, 0.717) is 12.3 Å². The van der Waals surface area contributed by atoms with Gasteiger partial charge in [0.1, 0.15) is 23.0 Å². The molecule has 0 unspecified atom stereocenters. The van der Waals surface area contributed by atoms with Crippen molar-refractivity contribution < 1.29 is 12.6 Å². The molecule has 0 saturated carbocycles. The predicted octanol–water partition coefficient (Wildman–Crippen LogP) is 1.90. The van der Waals surface area contributed by atoms with E-state index < -0.39 is 0 Å². The molecular weight excluding hydrogens is 247 g/mol. The lowest BCUT2D eigenvalue weighted by atomic mass is 10.1. The first kappa shape index (κ1) is 10.2. The number of rotatable bonds is 4. The van der Waals surface area contributed by atoms with Crippen molar-refractivity contribution >= 4 is 29.0 Å². The number of halogens is 1. The van der Waals surface area contributed by atoms with Crippen molar-refractivity contribution in [1.82, 2.24) is 0 Å². The monoisotopic (exact) mass is 258 g/mol. The smallest absolute Gasteiger partial charge is 0.308 e. The summed E-state index contributed by atoms with van der Waals surface area (Å²) in [6.45, 7) is 3.98. The highest BCUT2D eigenvalue weighted by molar-refractivity contribution is 14.1. The molecule has 0 aliphatic rings. The van der Waals surface area contributed by atoms with Gasteiger partial charge in [-0.2, -0.15) is 0 Å². The zero-order chi connectivity index (χ0) is 7.98. The molecule has 0 atom stereocenters. The first-order valence-electron chi connectivity index (χ1n) is 3.06. The summed E-state index contributed by atoms with van der Waals surface area (Å²) in [6.07, 6.45) is 0.458. The lowest BCUT2D eigenvalue weighted by molar-refractivity contribution is -0.149. The van der Waals surface area contributed by atoms with Crippen LogP contribution in [0.25, 0.3) is 0 Å². The first-order chi connectivity index (χ1) is 4.66. The van der Waals surface area contributed by atoms with Gasteiger partial charge in [-0.3, -0.25) is 7.86 Å². The van der Waals surface area contributed by atoms with Crippen LogP contribution < -0.4 is 0 Å². The van der Waals surface area contributed by atoms with Crippen LogP contribution in [0.3, 0.4) is 0 Å². The Hall–Kier alpha value is 0.160. The van der Waals surface area contributed by atoms with Gasteiger partial charge in [-0.05, 0) is 5.92 Å². The van der Waals surface area contributed by atoms with Crippen molar-refractivity contribution in [3.63, 3.8) is 0 Å². The molecule has 0 heterocycles. The number of ether oxygens (including phenoxy) is 1. The molecule has 0 radical (unpaired) electrons. The van der Waals surface area contributed by atoms with E-state index in [0.717, 1.165) is 0 Å².